The predicted molar refractivity (Wildman–Crippen MR) is 75.4 cm³/mol. The molecule has 1 heterocycles. The molecule has 0 aromatic heterocycles. The first-order chi connectivity index (χ1) is 8.72. The maximum atomic E-state index is 12.0. The number of unbranched alkanes of at least 4 members (excludes halogenated alkanes) is 1. The highest BCUT2D eigenvalue weighted by Gasteiger charge is 2.24. The molecule has 1 aliphatic heterocycles. The molecule has 1 saturated heterocycles. The standard InChI is InChI=1S/C14H29N3O/c1-3-16(4-2)13-8-11-17(12-9-13)14(18)7-5-6-10-15/h13H,3-12,15H2,1-2H3. The van der Waals surface area contributed by atoms with Crippen LogP contribution >= 0.6 is 0 Å². The van der Waals surface area contributed by atoms with Gasteiger partial charge in [0.15, 0.2) is 0 Å². The van der Waals surface area contributed by atoms with Gasteiger partial charge in [0, 0.05) is 25.6 Å². The summed E-state index contributed by atoms with van der Waals surface area (Å²) in [6, 6.07) is 0.674. The molecule has 0 unspecified atom stereocenters. The van der Waals surface area contributed by atoms with Gasteiger partial charge in [-0.05, 0) is 45.3 Å². The van der Waals surface area contributed by atoms with E-state index in [0.717, 1.165) is 51.9 Å². The van der Waals surface area contributed by atoms with Crippen LogP contribution in [0, 0.1) is 0 Å². The molecule has 1 amide bonds. The van der Waals surface area contributed by atoms with Crippen LogP contribution < -0.4 is 5.73 Å². The van der Waals surface area contributed by atoms with Crippen molar-refractivity contribution in [2.45, 2.75) is 52.0 Å². The smallest absolute Gasteiger partial charge is 0.222 e. The van der Waals surface area contributed by atoms with Gasteiger partial charge in [-0.15, -0.1) is 0 Å². The number of piperidine rings is 1. The zero-order valence-electron chi connectivity index (χ0n) is 12.0. The maximum absolute atomic E-state index is 12.0. The third kappa shape index (κ3) is 4.58. The molecule has 1 aliphatic rings. The average Bonchev–Trinajstić information content (AvgIpc) is 2.41. The summed E-state index contributed by atoms with van der Waals surface area (Å²) in [5, 5.41) is 0. The lowest BCUT2D eigenvalue weighted by Gasteiger charge is -2.37. The van der Waals surface area contributed by atoms with Gasteiger partial charge in [0.05, 0.1) is 0 Å². The van der Waals surface area contributed by atoms with Gasteiger partial charge < -0.3 is 15.5 Å². The second-order valence-corrected chi connectivity index (χ2v) is 5.08. The van der Waals surface area contributed by atoms with E-state index in [9.17, 15) is 4.79 Å². The molecule has 0 aromatic rings. The lowest BCUT2D eigenvalue weighted by molar-refractivity contribution is -0.132. The molecule has 1 rings (SSSR count). The van der Waals surface area contributed by atoms with Crippen molar-refractivity contribution in [3.05, 3.63) is 0 Å². The van der Waals surface area contributed by atoms with Gasteiger partial charge in [-0.3, -0.25) is 4.79 Å². The molecule has 0 atom stereocenters. The number of rotatable bonds is 7. The van der Waals surface area contributed by atoms with Gasteiger partial charge in [0.2, 0.25) is 5.91 Å². The molecule has 0 spiro atoms. The molecule has 4 nitrogen and oxygen atoms in total. The second kappa shape index (κ2) is 8.48. The third-order valence-corrected chi connectivity index (χ3v) is 3.99. The lowest BCUT2D eigenvalue weighted by atomic mass is 10.0. The summed E-state index contributed by atoms with van der Waals surface area (Å²) in [6.07, 6.45) is 4.83. The highest BCUT2D eigenvalue weighted by molar-refractivity contribution is 5.76. The molecular formula is C14H29N3O. The number of hydrogen-bond donors (Lipinski definition) is 1. The van der Waals surface area contributed by atoms with Gasteiger partial charge in [0.1, 0.15) is 0 Å². The Bertz CT molecular complexity index is 233. The Balaban J connectivity index is 2.27. The molecule has 0 radical (unpaired) electrons. The summed E-state index contributed by atoms with van der Waals surface area (Å²) in [4.78, 5) is 16.5. The van der Waals surface area contributed by atoms with Crippen molar-refractivity contribution in [2.24, 2.45) is 5.73 Å². The van der Waals surface area contributed by atoms with Crippen molar-refractivity contribution in [1.29, 1.82) is 0 Å². The van der Waals surface area contributed by atoms with Crippen LogP contribution in [0.1, 0.15) is 46.0 Å². The largest absolute Gasteiger partial charge is 0.343 e. The van der Waals surface area contributed by atoms with Crippen LogP contribution in [0.25, 0.3) is 0 Å². The van der Waals surface area contributed by atoms with E-state index < -0.39 is 0 Å². The van der Waals surface area contributed by atoms with E-state index in [0.29, 0.717) is 24.9 Å². The van der Waals surface area contributed by atoms with Crippen molar-refractivity contribution in [2.75, 3.05) is 32.7 Å². The predicted octanol–water partition coefficient (Wildman–Crippen LogP) is 1.45. The fourth-order valence-electron chi connectivity index (χ4n) is 2.80. The van der Waals surface area contributed by atoms with Gasteiger partial charge >= 0.3 is 0 Å². The Morgan fingerprint density at radius 3 is 2.33 bits per heavy atom. The molecule has 0 aliphatic carbocycles. The topological polar surface area (TPSA) is 49.6 Å². The molecular weight excluding hydrogens is 226 g/mol. The minimum atomic E-state index is 0.321. The zero-order chi connectivity index (χ0) is 13.4. The van der Waals surface area contributed by atoms with E-state index in [-0.39, 0.29) is 0 Å². The molecule has 18 heavy (non-hydrogen) atoms. The van der Waals surface area contributed by atoms with E-state index in [1.54, 1.807) is 0 Å². The van der Waals surface area contributed by atoms with Gasteiger partial charge in [-0.2, -0.15) is 0 Å². The number of nitrogens with two attached hydrogens (primary N) is 1. The van der Waals surface area contributed by atoms with Crippen LogP contribution in [-0.2, 0) is 4.79 Å². The summed E-state index contributed by atoms with van der Waals surface area (Å²) in [7, 11) is 0. The highest BCUT2D eigenvalue weighted by Crippen LogP contribution is 2.17. The van der Waals surface area contributed by atoms with E-state index in [4.69, 9.17) is 5.73 Å². The van der Waals surface area contributed by atoms with E-state index in [1.165, 1.54) is 0 Å². The van der Waals surface area contributed by atoms with Crippen LogP contribution in [0.3, 0.4) is 0 Å². The molecule has 2 N–H and O–H groups in total. The average molecular weight is 255 g/mol. The first-order valence-electron chi connectivity index (χ1n) is 7.44. The van der Waals surface area contributed by atoms with Crippen molar-refractivity contribution in [3.63, 3.8) is 0 Å². The highest BCUT2D eigenvalue weighted by atomic mass is 16.2. The van der Waals surface area contributed by atoms with Crippen molar-refractivity contribution in [3.8, 4) is 0 Å². The van der Waals surface area contributed by atoms with Crippen LogP contribution in [0.5, 0.6) is 0 Å². The van der Waals surface area contributed by atoms with Crippen molar-refractivity contribution in [1.82, 2.24) is 9.80 Å². The Labute approximate surface area is 111 Å². The van der Waals surface area contributed by atoms with Gasteiger partial charge in [0.25, 0.3) is 0 Å². The number of carbonyl (C=O) groups excluding carboxylic acids is 1. The SMILES string of the molecule is CCN(CC)C1CCN(C(=O)CCCCN)CC1. The number of carbonyl (C=O) groups is 1. The summed E-state index contributed by atoms with van der Waals surface area (Å²) < 4.78 is 0. The Hall–Kier alpha value is -0.610. The number of hydrogen-bond acceptors (Lipinski definition) is 3. The van der Waals surface area contributed by atoms with Crippen LogP contribution in [0.4, 0.5) is 0 Å². The summed E-state index contributed by atoms with van der Waals surface area (Å²) >= 11 is 0. The molecule has 0 saturated carbocycles. The minimum Gasteiger partial charge on any atom is -0.343 e. The van der Waals surface area contributed by atoms with E-state index in [1.807, 2.05) is 4.90 Å². The van der Waals surface area contributed by atoms with E-state index in [2.05, 4.69) is 18.7 Å². The third-order valence-electron chi connectivity index (χ3n) is 3.99. The molecule has 0 aromatic carbocycles. The Morgan fingerprint density at radius 1 is 1.22 bits per heavy atom. The molecule has 0 bridgehead atoms. The summed E-state index contributed by atoms with van der Waals surface area (Å²) in [5.74, 6) is 0.321. The van der Waals surface area contributed by atoms with Crippen molar-refractivity contribution < 1.29 is 4.79 Å². The first-order valence-corrected chi connectivity index (χ1v) is 7.44. The fourth-order valence-corrected chi connectivity index (χ4v) is 2.80. The van der Waals surface area contributed by atoms with Crippen LogP contribution in [0.15, 0.2) is 0 Å². The Kier molecular flexibility index (Phi) is 7.28. The minimum absolute atomic E-state index is 0.321. The number of amides is 1. The van der Waals surface area contributed by atoms with Gasteiger partial charge in [-0.1, -0.05) is 13.8 Å². The number of likely N-dealkylation sites (tertiary alicyclic amines) is 1. The molecule has 4 heteroatoms. The lowest BCUT2D eigenvalue weighted by Crippen LogP contribution is -2.46. The van der Waals surface area contributed by atoms with Gasteiger partial charge in [-0.25, -0.2) is 0 Å². The second-order valence-electron chi connectivity index (χ2n) is 5.08. The van der Waals surface area contributed by atoms with Crippen LogP contribution in [0.2, 0.25) is 0 Å². The quantitative estimate of drug-likeness (QED) is 0.701. The number of nitrogens with zero attached hydrogens (tertiary/aromatic N) is 2. The first kappa shape index (κ1) is 15.4. The normalized spacial score (nSPS) is 17.4. The maximum Gasteiger partial charge on any atom is 0.222 e. The van der Waals surface area contributed by atoms with Crippen LogP contribution in [-0.4, -0.2) is 54.5 Å². The molecule has 106 valence electrons. The summed E-state index contributed by atoms with van der Waals surface area (Å²) in [5.41, 5.74) is 5.44. The molecule has 1 fully saturated rings. The fraction of sp³-hybridized carbons (Fsp3) is 0.929. The van der Waals surface area contributed by atoms with E-state index >= 15 is 0 Å². The monoisotopic (exact) mass is 255 g/mol. The summed E-state index contributed by atoms with van der Waals surface area (Å²) in [6.45, 7) is 9.22. The Morgan fingerprint density at radius 2 is 1.83 bits per heavy atom. The zero-order valence-corrected chi connectivity index (χ0v) is 12.0. The van der Waals surface area contributed by atoms with Crippen molar-refractivity contribution >= 4 is 5.91 Å².